The summed E-state index contributed by atoms with van der Waals surface area (Å²) in [6.45, 7) is 12.7. The molecular formula is C18H29IN4O4. The summed E-state index contributed by atoms with van der Waals surface area (Å²) in [5.74, 6) is 0.533. The molecule has 1 aliphatic rings. The molecule has 1 aromatic heterocycles. The van der Waals surface area contributed by atoms with Gasteiger partial charge in [0.2, 0.25) is 0 Å². The predicted octanol–water partition coefficient (Wildman–Crippen LogP) is 4.00. The number of hydrogen-bond acceptors (Lipinski definition) is 5. The number of rotatable bonds is 1. The van der Waals surface area contributed by atoms with E-state index in [0.717, 1.165) is 15.7 Å². The summed E-state index contributed by atoms with van der Waals surface area (Å²) in [6, 6.07) is 0. The minimum atomic E-state index is -0.582. The number of aryl methyl sites for hydroxylation is 1. The Labute approximate surface area is 174 Å². The number of carbonyl (C=O) groups is 2. The maximum absolute atomic E-state index is 12.5. The van der Waals surface area contributed by atoms with E-state index < -0.39 is 17.3 Å². The fourth-order valence-corrected chi connectivity index (χ4v) is 3.50. The molecule has 0 fully saturated rings. The largest absolute Gasteiger partial charge is 0.444 e. The van der Waals surface area contributed by atoms with E-state index in [1.54, 1.807) is 11.9 Å². The first-order chi connectivity index (χ1) is 12.3. The molecule has 0 N–H and O–H groups in total. The van der Waals surface area contributed by atoms with Crippen LogP contribution in [0.2, 0.25) is 0 Å². The van der Waals surface area contributed by atoms with Crippen LogP contribution < -0.4 is 4.90 Å². The lowest BCUT2D eigenvalue weighted by molar-refractivity contribution is 0.0236. The Morgan fingerprint density at radius 1 is 1.07 bits per heavy atom. The van der Waals surface area contributed by atoms with Crippen LogP contribution in [0, 0.1) is 3.57 Å². The lowest BCUT2D eigenvalue weighted by atomic mass is 10.2. The zero-order valence-electron chi connectivity index (χ0n) is 17.1. The normalized spacial score (nSPS) is 15.0. The van der Waals surface area contributed by atoms with Crippen molar-refractivity contribution in [1.29, 1.82) is 0 Å². The Morgan fingerprint density at radius 2 is 1.67 bits per heavy atom. The molecule has 0 atom stereocenters. The van der Waals surface area contributed by atoms with Crippen molar-refractivity contribution in [2.75, 3.05) is 18.5 Å². The second kappa shape index (κ2) is 7.84. The Hall–Kier alpha value is -1.52. The van der Waals surface area contributed by atoms with Crippen LogP contribution in [0.5, 0.6) is 0 Å². The van der Waals surface area contributed by atoms with Crippen molar-refractivity contribution in [3.05, 3.63) is 9.26 Å². The number of carbonyl (C=O) groups excluding carboxylic acids is 2. The van der Waals surface area contributed by atoms with Crippen LogP contribution in [-0.2, 0) is 22.6 Å². The third-order valence-corrected chi connectivity index (χ3v) is 4.86. The van der Waals surface area contributed by atoms with Gasteiger partial charge in [-0.25, -0.2) is 9.59 Å². The van der Waals surface area contributed by atoms with Crippen LogP contribution in [0.3, 0.4) is 0 Å². The molecule has 0 radical (unpaired) electrons. The number of nitrogens with zero attached hydrogens (tertiary/aromatic N) is 4. The van der Waals surface area contributed by atoms with Crippen LogP contribution in [0.15, 0.2) is 0 Å². The van der Waals surface area contributed by atoms with Gasteiger partial charge in [-0.2, -0.15) is 5.10 Å². The topological polar surface area (TPSA) is 76.9 Å². The maximum Gasteiger partial charge on any atom is 0.415 e. The molecule has 8 nitrogen and oxygen atoms in total. The summed E-state index contributed by atoms with van der Waals surface area (Å²) >= 11 is 2.17. The average Bonchev–Trinajstić information content (AvgIpc) is 2.67. The third-order valence-electron chi connectivity index (χ3n) is 3.75. The Bertz CT molecular complexity index is 718. The smallest absolute Gasteiger partial charge is 0.415 e. The molecule has 9 heteroatoms. The molecular weight excluding hydrogens is 463 g/mol. The van der Waals surface area contributed by atoms with Crippen LogP contribution in [0.1, 0.15) is 53.7 Å². The lowest BCUT2D eigenvalue weighted by Crippen LogP contribution is -2.36. The first kappa shape index (κ1) is 21.8. The second-order valence-corrected chi connectivity index (χ2v) is 9.68. The van der Waals surface area contributed by atoms with Crippen molar-refractivity contribution < 1.29 is 19.1 Å². The first-order valence-electron chi connectivity index (χ1n) is 8.98. The van der Waals surface area contributed by atoms with Gasteiger partial charge in [-0.1, -0.05) is 0 Å². The maximum atomic E-state index is 12.5. The number of amides is 2. The van der Waals surface area contributed by atoms with Gasteiger partial charge in [-0.15, -0.1) is 0 Å². The van der Waals surface area contributed by atoms with Crippen molar-refractivity contribution in [3.63, 3.8) is 0 Å². The van der Waals surface area contributed by atoms with Crippen molar-refractivity contribution in [2.24, 2.45) is 0 Å². The number of ether oxygens (including phenoxy) is 2. The van der Waals surface area contributed by atoms with E-state index in [1.165, 1.54) is 4.90 Å². The van der Waals surface area contributed by atoms with Gasteiger partial charge in [0.05, 0.1) is 15.8 Å². The molecule has 1 aliphatic heterocycles. The third kappa shape index (κ3) is 5.73. The predicted molar refractivity (Wildman–Crippen MR) is 111 cm³/mol. The molecule has 0 spiro atoms. The summed E-state index contributed by atoms with van der Waals surface area (Å²) in [4.78, 5) is 28.0. The van der Waals surface area contributed by atoms with E-state index >= 15 is 0 Å². The van der Waals surface area contributed by atoms with E-state index in [2.05, 4.69) is 27.7 Å². The zero-order chi connectivity index (χ0) is 20.6. The van der Waals surface area contributed by atoms with E-state index in [-0.39, 0.29) is 6.09 Å². The van der Waals surface area contributed by atoms with Gasteiger partial charge in [0.1, 0.15) is 11.2 Å². The molecule has 2 heterocycles. The summed E-state index contributed by atoms with van der Waals surface area (Å²) in [5.41, 5.74) is -0.232. The molecule has 0 bridgehead atoms. The number of aromatic nitrogens is 2. The lowest BCUT2D eigenvalue weighted by Gasteiger charge is -2.26. The van der Waals surface area contributed by atoms with E-state index in [4.69, 9.17) is 9.47 Å². The quantitative estimate of drug-likeness (QED) is 0.554. The Morgan fingerprint density at radius 3 is 2.22 bits per heavy atom. The van der Waals surface area contributed by atoms with E-state index in [9.17, 15) is 9.59 Å². The Balaban J connectivity index is 2.23. The highest BCUT2D eigenvalue weighted by atomic mass is 127. The van der Waals surface area contributed by atoms with Crippen LogP contribution in [-0.4, -0.2) is 51.7 Å². The summed E-state index contributed by atoms with van der Waals surface area (Å²) in [5, 5.41) is 4.59. The molecule has 152 valence electrons. The summed E-state index contributed by atoms with van der Waals surface area (Å²) in [6.07, 6.45) is -0.0350. The van der Waals surface area contributed by atoms with Crippen molar-refractivity contribution in [3.8, 4) is 0 Å². The highest BCUT2D eigenvalue weighted by Gasteiger charge is 2.30. The van der Waals surface area contributed by atoms with Gasteiger partial charge in [-0.05, 0) is 70.6 Å². The van der Waals surface area contributed by atoms with Gasteiger partial charge < -0.3 is 14.4 Å². The number of halogens is 1. The van der Waals surface area contributed by atoms with E-state index in [1.807, 2.05) is 46.2 Å². The van der Waals surface area contributed by atoms with Gasteiger partial charge in [0.15, 0.2) is 5.82 Å². The number of fused-ring (bicyclic) bond motifs is 1. The van der Waals surface area contributed by atoms with Crippen LogP contribution in [0.4, 0.5) is 15.4 Å². The minimum Gasteiger partial charge on any atom is -0.444 e. The number of hydrogen-bond donors (Lipinski definition) is 0. The molecule has 27 heavy (non-hydrogen) atoms. The SMILES string of the molecule is CN(C(=O)OC(C)(C)C)c1nn2c(c1I)CN(C(=O)OC(C)(C)C)CCC2. The van der Waals surface area contributed by atoms with Crippen LogP contribution >= 0.6 is 22.6 Å². The van der Waals surface area contributed by atoms with Crippen molar-refractivity contribution in [2.45, 2.75) is 72.3 Å². The van der Waals surface area contributed by atoms with Crippen molar-refractivity contribution >= 4 is 40.6 Å². The molecule has 0 saturated heterocycles. The molecule has 0 unspecified atom stereocenters. The van der Waals surface area contributed by atoms with Gasteiger partial charge in [0, 0.05) is 20.1 Å². The fourth-order valence-electron chi connectivity index (χ4n) is 2.58. The molecule has 0 saturated carbocycles. The van der Waals surface area contributed by atoms with Gasteiger partial charge in [-0.3, -0.25) is 9.58 Å². The second-order valence-electron chi connectivity index (χ2n) is 8.60. The summed E-state index contributed by atoms with van der Waals surface area (Å²) < 4.78 is 13.6. The number of anilines is 1. The average molecular weight is 492 g/mol. The Kier molecular flexibility index (Phi) is 6.33. The molecule has 0 aromatic carbocycles. The molecule has 2 rings (SSSR count). The monoisotopic (exact) mass is 492 g/mol. The highest BCUT2D eigenvalue weighted by Crippen LogP contribution is 2.29. The molecule has 0 aliphatic carbocycles. The van der Waals surface area contributed by atoms with Gasteiger partial charge >= 0.3 is 12.2 Å². The summed E-state index contributed by atoms with van der Waals surface area (Å²) in [7, 11) is 1.64. The fraction of sp³-hybridized carbons (Fsp3) is 0.722. The minimum absolute atomic E-state index is 0.338. The molecule has 2 amide bonds. The highest BCUT2D eigenvalue weighted by molar-refractivity contribution is 14.1. The standard InChI is InChI=1S/C18H29IN4O4/c1-17(2,3)26-15(24)21(7)14-13(19)12-11-22(9-8-10-23(12)20-14)16(25)27-18(4,5)6/h8-11H2,1-7H3. The van der Waals surface area contributed by atoms with E-state index in [0.29, 0.717) is 25.5 Å². The first-order valence-corrected chi connectivity index (χ1v) is 10.1. The van der Waals surface area contributed by atoms with Crippen LogP contribution in [0.25, 0.3) is 0 Å². The van der Waals surface area contributed by atoms with Crippen molar-refractivity contribution in [1.82, 2.24) is 14.7 Å². The zero-order valence-corrected chi connectivity index (χ0v) is 19.3. The van der Waals surface area contributed by atoms with Gasteiger partial charge in [0.25, 0.3) is 0 Å². The molecule has 1 aromatic rings.